The summed E-state index contributed by atoms with van der Waals surface area (Å²) < 4.78 is 27.2. The van der Waals surface area contributed by atoms with Gasteiger partial charge in [-0.1, -0.05) is 36.7 Å². The van der Waals surface area contributed by atoms with E-state index < -0.39 is 10.0 Å². The summed E-state index contributed by atoms with van der Waals surface area (Å²) in [5.41, 5.74) is 0.723. The highest BCUT2D eigenvalue weighted by Gasteiger charge is 2.16. The lowest BCUT2D eigenvalue weighted by Crippen LogP contribution is -2.14. The minimum Gasteiger partial charge on any atom is -0.326 e. The summed E-state index contributed by atoms with van der Waals surface area (Å²) in [6, 6.07) is 12.6. The molecule has 0 spiro atoms. The summed E-state index contributed by atoms with van der Waals surface area (Å²) >= 11 is 5.95. The highest BCUT2D eigenvalue weighted by molar-refractivity contribution is 7.92. The first-order valence-electron chi connectivity index (χ1n) is 6.59. The summed E-state index contributed by atoms with van der Waals surface area (Å²) in [5, 5.41) is 2.93. The van der Waals surface area contributed by atoms with Gasteiger partial charge in [-0.15, -0.1) is 0 Å². The van der Waals surface area contributed by atoms with Crippen LogP contribution >= 0.6 is 11.6 Å². The minimum atomic E-state index is -3.79. The van der Waals surface area contributed by atoms with E-state index in [1.165, 1.54) is 12.1 Å². The van der Waals surface area contributed by atoms with Crippen LogP contribution in [0.25, 0.3) is 0 Å². The number of anilines is 2. The van der Waals surface area contributed by atoms with Gasteiger partial charge in [-0.05, 0) is 30.3 Å². The number of benzene rings is 2. The highest BCUT2D eigenvalue weighted by atomic mass is 35.5. The normalized spacial score (nSPS) is 11.0. The van der Waals surface area contributed by atoms with Crippen LogP contribution in [0.4, 0.5) is 11.4 Å². The molecule has 2 rings (SSSR count). The summed E-state index contributed by atoms with van der Waals surface area (Å²) in [6.07, 6.45) is 0.314. The lowest BCUT2D eigenvalue weighted by atomic mass is 10.3. The van der Waals surface area contributed by atoms with Gasteiger partial charge in [0.1, 0.15) is 0 Å². The molecule has 0 aliphatic rings. The van der Waals surface area contributed by atoms with Crippen molar-refractivity contribution in [3.63, 3.8) is 0 Å². The summed E-state index contributed by atoms with van der Waals surface area (Å²) in [6.45, 7) is 1.72. The van der Waals surface area contributed by atoms with E-state index >= 15 is 0 Å². The van der Waals surface area contributed by atoms with Gasteiger partial charge in [0.05, 0.1) is 15.6 Å². The number of sulfonamides is 1. The molecule has 2 N–H and O–H groups in total. The second kappa shape index (κ2) is 6.81. The summed E-state index contributed by atoms with van der Waals surface area (Å²) in [5.74, 6) is -0.186. The molecule has 116 valence electrons. The van der Waals surface area contributed by atoms with Crippen molar-refractivity contribution in [2.75, 3.05) is 10.0 Å². The van der Waals surface area contributed by atoms with Gasteiger partial charge in [0.2, 0.25) is 5.91 Å². The smallest absolute Gasteiger partial charge is 0.262 e. The average molecular weight is 339 g/mol. The standard InChI is InChI=1S/C15H15ClN2O3S/c1-2-15(19)17-11-6-5-7-12(10-11)22(20,21)18-14-9-4-3-8-13(14)16/h3-10,18H,2H2,1H3,(H,17,19). The molecule has 5 nitrogen and oxygen atoms in total. The fraction of sp³-hybridized carbons (Fsp3) is 0.133. The number of halogens is 1. The third kappa shape index (κ3) is 3.99. The lowest BCUT2D eigenvalue weighted by molar-refractivity contribution is -0.115. The number of hydrogen-bond donors (Lipinski definition) is 2. The van der Waals surface area contributed by atoms with Crippen LogP contribution < -0.4 is 10.0 Å². The molecule has 7 heteroatoms. The highest BCUT2D eigenvalue weighted by Crippen LogP contribution is 2.24. The predicted molar refractivity (Wildman–Crippen MR) is 87.6 cm³/mol. The zero-order valence-corrected chi connectivity index (χ0v) is 13.4. The van der Waals surface area contributed by atoms with Gasteiger partial charge in [0, 0.05) is 12.1 Å². The van der Waals surface area contributed by atoms with E-state index in [1.54, 1.807) is 43.3 Å². The van der Waals surface area contributed by atoms with Gasteiger partial charge in [0.15, 0.2) is 0 Å². The quantitative estimate of drug-likeness (QED) is 0.876. The first-order valence-corrected chi connectivity index (χ1v) is 8.46. The van der Waals surface area contributed by atoms with E-state index in [1.807, 2.05) is 0 Å². The SMILES string of the molecule is CCC(=O)Nc1cccc(S(=O)(=O)Nc2ccccc2Cl)c1. The molecule has 0 heterocycles. The second-order valence-corrected chi connectivity index (χ2v) is 6.60. The molecule has 0 bridgehead atoms. The van der Waals surface area contributed by atoms with Crippen molar-refractivity contribution in [3.05, 3.63) is 53.6 Å². The molecule has 2 aromatic rings. The Balaban J connectivity index is 2.28. The number of carbonyl (C=O) groups excluding carboxylic acids is 1. The first-order chi connectivity index (χ1) is 10.4. The number of nitrogens with one attached hydrogen (secondary N) is 2. The zero-order chi connectivity index (χ0) is 16.2. The maximum atomic E-state index is 12.4. The predicted octanol–water partition coefficient (Wildman–Crippen LogP) is 3.49. The molecule has 0 saturated carbocycles. The van der Waals surface area contributed by atoms with Crippen molar-refractivity contribution in [3.8, 4) is 0 Å². The number of para-hydroxylation sites is 1. The average Bonchev–Trinajstić information content (AvgIpc) is 2.49. The fourth-order valence-electron chi connectivity index (χ4n) is 1.74. The van der Waals surface area contributed by atoms with Crippen molar-refractivity contribution in [2.45, 2.75) is 18.2 Å². The molecule has 0 aromatic heterocycles. The number of amides is 1. The second-order valence-electron chi connectivity index (χ2n) is 4.51. The van der Waals surface area contributed by atoms with Gasteiger partial charge in [-0.25, -0.2) is 8.42 Å². The molecule has 0 unspecified atom stereocenters. The Morgan fingerprint density at radius 1 is 1.14 bits per heavy atom. The first kappa shape index (κ1) is 16.3. The van der Waals surface area contributed by atoms with E-state index in [0.29, 0.717) is 22.8 Å². The maximum absolute atomic E-state index is 12.4. The van der Waals surface area contributed by atoms with Crippen LogP contribution in [-0.2, 0) is 14.8 Å². The van der Waals surface area contributed by atoms with Crippen LogP contribution in [0, 0.1) is 0 Å². The lowest BCUT2D eigenvalue weighted by Gasteiger charge is -2.11. The third-order valence-electron chi connectivity index (χ3n) is 2.87. The van der Waals surface area contributed by atoms with Crippen molar-refractivity contribution >= 4 is 38.9 Å². The van der Waals surface area contributed by atoms with Crippen molar-refractivity contribution in [1.29, 1.82) is 0 Å². The van der Waals surface area contributed by atoms with Crippen molar-refractivity contribution < 1.29 is 13.2 Å². The topological polar surface area (TPSA) is 75.3 Å². The molecule has 0 atom stereocenters. The summed E-state index contributed by atoms with van der Waals surface area (Å²) in [4.78, 5) is 11.4. The largest absolute Gasteiger partial charge is 0.326 e. The van der Waals surface area contributed by atoms with Crippen LogP contribution in [0.3, 0.4) is 0 Å². The Labute approximate surface area is 134 Å². The van der Waals surface area contributed by atoms with Crippen molar-refractivity contribution in [1.82, 2.24) is 0 Å². The van der Waals surface area contributed by atoms with E-state index in [-0.39, 0.29) is 10.8 Å². The third-order valence-corrected chi connectivity index (χ3v) is 4.56. The van der Waals surface area contributed by atoms with E-state index in [2.05, 4.69) is 10.0 Å². The van der Waals surface area contributed by atoms with E-state index in [9.17, 15) is 13.2 Å². The number of carbonyl (C=O) groups is 1. The van der Waals surface area contributed by atoms with Gasteiger partial charge in [-0.2, -0.15) is 0 Å². The maximum Gasteiger partial charge on any atom is 0.262 e. The molecule has 2 aromatic carbocycles. The van der Waals surface area contributed by atoms with Gasteiger partial charge < -0.3 is 5.32 Å². The van der Waals surface area contributed by atoms with E-state index in [0.717, 1.165) is 0 Å². The minimum absolute atomic E-state index is 0.0429. The Morgan fingerprint density at radius 3 is 2.55 bits per heavy atom. The molecule has 0 radical (unpaired) electrons. The Hall–Kier alpha value is -2.05. The molecular weight excluding hydrogens is 324 g/mol. The van der Waals surface area contributed by atoms with Gasteiger partial charge in [-0.3, -0.25) is 9.52 Å². The summed E-state index contributed by atoms with van der Waals surface area (Å²) in [7, 11) is -3.79. The number of rotatable bonds is 5. The van der Waals surface area contributed by atoms with Crippen LogP contribution in [0.15, 0.2) is 53.4 Å². The molecule has 0 saturated heterocycles. The monoisotopic (exact) mass is 338 g/mol. The molecule has 22 heavy (non-hydrogen) atoms. The molecule has 1 amide bonds. The Kier molecular flexibility index (Phi) is 5.05. The van der Waals surface area contributed by atoms with Crippen LogP contribution in [0.5, 0.6) is 0 Å². The molecule has 0 aliphatic carbocycles. The number of hydrogen-bond acceptors (Lipinski definition) is 3. The Bertz CT molecular complexity index is 791. The van der Waals surface area contributed by atoms with Crippen LogP contribution in [-0.4, -0.2) is 14.3 Å². The van der Waals surface area contributed by atoms with Gasteiger partial charge >= 0.3 is 0 Å². The molecule has 0 fully saturated rings. The molecule has 0 aliphatic heterocycles. The van der Waals surface area contributed by atoms with Crippen LogP contribution in [0.2, 0.25) is 5.02 Å². The van der Waals surface area contributed by atoms with E-state index in [4.69, 9.17) is 11.6 Å². The Morgan fingerprint density at radius 2 is 1.86 bits per heavy atom. The zero-order valence-electron chi connectivity index (χ0n) is 11.8. The van der Waals surface area contributed by atoms with Gasteiger partial charge in [0.25, 0.3) is 10.0 Å². The fourth-order valence-corrected chi connectivity index (χ4v) is 3.10. The van der Waals surface area contributed by atoms with Crippen LogP contribution in [0.1, 0.15) is 13.3 Å². The molecular formula is C15H15ClN2O3S. The van der Waals surface area contributed by atoms with Crippen molar-refractivity contribution in [2.24, 2.45) is 0 Å².